The first-order chi connectivity index (χ1) is 14.3. The molecule has 1 aromatic carbocycles. The summed E-state index contributed by atoms with van der Waals surface area (Å²) in [5.74, 6) is -0.701. The topological polar surface area (TPSA) is 141 Å². The minimum Gasteiger partial charge on any atom is -0.495 e. The Bertz CT molecular complexity index is 1220. The number of fused-ring (bicyclic) bond motifs is 1. The van der Waals surface area contributed by atoms with E-state index in [0.717, 1.165) is 4.57 Å². The number of benzene rings is 1. The number of rotatable bonds is 6. The van der Waals surface area contributed by atoms with Crippen molar-refractivity contribution in [2.75, 3.05) is 19.0 Å². The van der Waals surface area contributed by atoms with E-state index in [9.17, 15) is 19.2 Å². The molecule has 3 rings (SSSR count). The van der Waals surface area contributed by atoms with Gasteiger partial charge in [0, 0.05) is 14.1 Å². The Morgan fingerprint density at radius 1 is 1.10 bits per heavy atom. The maximum atomic E-state index is 12.6. The van der Waals surface area contributed by atoms with Gasteiger partial charge in [-0.25, -0.2) is 14.3 Å². The predicted octanol–water partition coefficient (Wildman–Crippen LogP) is -1.30. The van der Waals surface area contributed by atoms with Crippen molar-refractivity contribution in [2.45, 2.75) is 6.54 Å². The van der Waals surface area contributed by atoms with Gasteiger partial charge in [0.05, 0.1) is 25.7 Å². The van der Waals surface area contributed by atoms with Gasteiger partial charge in [-0.2, -0.15) is 0 Å². The molecule has 12 nitrogen and oxygen atoms in total. The number of nitrogens with one attached hydrogen (secondary N) is 3. The van der Waals surface area contributed by atoms with Crippen molar-refractivity contribution < 1.29 is 14.3 Å². The highest BCUT2D eigenvalue weighted by molar-refractivity contribution is 5.84. The zero-order valence-electron chi connectivity index (χ0n) is 16.6. The van der Waals surface area contributed by atoms with Gasteiger partial charge >= 0.3 is 5.69 Å². The Kier molecular flexibility index (Phi) is 5.85. The largest absolute Gasteiger partial charge is 0.495 e. The highest BCUT2D eigenvalue weighted by Gasteiger charge is 2.17. The summed E-state index contributed by atoms with van der Waals surface area (Å²) in [5, 5.41) is 2.88. The molecular weight excluding hydrogens is 394 g/mol. The second-order valence-corrected chi connectivity index (χ2v) is 6.41. The van der Waals surface area contributed by atoms with Gasteiger partial charge in [0.2, 0.25) is 0 Å². The molecule has 0 saturated heterocycles. The number of amides is 2. The van der Waals surface area contributed by atoms with Gasteiger partial charge in [-0.05, 0) is 12.1 Å². The first-order valence-corrected chi connectivity index (χ1v) is 8.89. The molecule has 2 amide bonds. The summed E-state index contributed by atoms with van der Waals surface area (Å²) in [6, 6.07) is 7.04. The Hall–Kier alpha value is -4.09. The number of nitrogens with zero attached hydrogens (tertiary/aromatic N) is 4. The maximum Gasteiger partial charge on any atom is 0.332 e. The third-order valence-electron chi connectivity index (χ3n) is 4.39. The molecular formula is C18H21N7O5. The number of ether oxygens (including phenoxy) is 1. The molecule has 0 atom stereocenters. The highest BCUT2D eigenvalue weighted by atomic mass is 16.5. The van der Waals surface area contributed by atoms with E-state index in [2.05, 4.69) is 21.2 Å². The number of aryl methyl sites for hydroxylation is 2. The first kappa shape index (κ1) is 20.6. The van der Waals surface area contributed by atoms with Crippen LogP contribution in [0.1, 0.15) is 0 Å². The fourth-order valence-corrected chi connectivity index (χ4v) is 2.87. The van der Waals surface area contributed by atoms with E-state index in [1.807, 2.05) is 0 Å². The van der Waals surface area contributed by atoms with Gasteiger partial charge in [-0.15, -0.1) is 0 Å². The van der Waals surface area contributed by atoms with E-state index in [1.165, 1.54) is 29.6 Å². The molecule has 0 aliphatic heterocycles. The van der Waals surface area contributed by atoms with E-state index >= 15 is 0 Å². The van der Waals surface area contributed by atoms with Crippen LogP contribution < -0.4 is 32.2 Å². The first-order valence-electron chi connectivity index (χ1n) is 8.89. The van der Waals surface area contributed by atoms with Crippen molar-refractivity contribution in [3.05, 3.63) is 51.4 Å². The third kappa shape index (κ3) is 4.01. The normalized spacial score (nSPS) is 10.6. The number of methoxy groups -OCH3 is 1. The number of imidazole rings is 1. The third-order valence-corrected chi connectivity index (χ3v) is 4.39. The van der Waals surface area contributed by atoms with E-state index in [4.69, 9.17) is 4.74 Å². The lowest BCUT2D eigenvalue weighted by Crippen LogP contribution is -2.49. The van der Waals surface area contributed by atoms with Crippen LogP contribution in [-0.4, -0.2) is 44.2 Å². The van der Waals surface area contributed by atoms with Crippen molar-refractivity contribution >= 4 is 28.7 Å². The number of hydrazine groups is 1. The number of hydrogen-bond acceptors (Lipinski definition) is 7. The van der Waals surface area contributed by atoms with Crippen LogP contribution in [0.5, 0.6) is 5.75 Å². The van der Waals surface area contributed by atoms with E-state index < -0.39 is 29.6 Å². The van der Waals surface area contributed by atoms with Crippen LogP contribution in [0.15, 0.2) is 40.2 Å². The quantitative estimate of drug-likeness (QED) is 0.425. The molecule has 0 radical (unpaired) electrons. The van der Waals surface area contributed by atoms with Crippen LogP contribution in [0.2, 0.25) is 0 Å². The second-order valence-electron chi connectivity index (χ2n) is 6.41. The number of hydrogen-bond donors (Lipinski definition) is 3. The average molecular weight is 415 g/mol. The van der Waals surface area contributed by atoms with E-state index in [0.29, 0.717) is 11.4 Å². The van der Waals surface area contributed by atoms with Crippen molar-refractivity contribution in [3.63, 3.8) is 0 Å². The standard InChI is InChI=1S/C18H21N7O5/c1-23-10-20-16-15(23)17(28)25(18(29)24(16)2)9-14(27)22-21-13(26)8-19-11-6-4-5-7-12(11)30-3/h4-7,10,19H,8-9H2,1-3H3,(H,21,26)(H,22,27). The summed E-state index contributed by atoms with van der Waals surface area (Å²) in [7, 11) is 4.58. The zero-order chi connectivity index (χ0) is 21.8. The molecule has 0 spiro atoms. The summed E-state index contributed by atoms with van der Waals surface area (Å²) in [6.45, 7) is -0.698. The fourth-order valence-electron chi connectivity index (χ4n) is 2.87. The minimum absolute atomic E-state index is 0.136. The van der Waals surface area contributed by atoms with Crippen LogP contribution in [0.3, 0.4) is 0 Å². The van der Waals surface area contributed by atoms with Crippen molar-refractivity contribution in [1.82, 2.24) is 29.5 Å². The molecule has 0 fully saturated rings. The Morgan fingerprint density at radius 3 is 2.53 bits per heavy atom. The van der Waals surface area contributed by atoms with Gasteiger partial charge in [-0.3, -0.25) is 29.8 Å². The van der Waals surface area contributed by atoms with Crippen LogP contribution >= 0.6 is 0 Å². The molecule has 0 aliphatic carbocycles. The molecule has 2 aromatic heterocycles. The van der Waals surface area contributed by atoms with Gasteiger partial charge in [0.15, 0.2) is 11.2 Å². The molecule has 3 N–H and O–H groups in total. The zero-order valence-corrected chi connectivity index (χ0v) is 16.6. The van der Waals surface area contributed by atoms with Gasteiger partial charge < -0.3 is 14.6 Å². The monoisotopic (exact) mass is 415 g/mol. The van der Waals surface area contributed by atoms with Crippen molar-refractivity contribution in [3.8, 4) is 5.75 Å². The lowest BCUT2D eigenvalue weighted by atomic mass is 10.3. The van der Waals surface area contributed by atoms with Crippen LogP contribution in [-0.2, 0) is 30.2 Å². The molecule has 0 unspecified atom stereocenters. The molecule has 158 valence electrons. The van der Waals surface area contributed by atoms with E-state index in [-0.39, 0.29) is 17.7 Å². The summed E-state index contributed by atoms with van der Waals surface area (Å²) < 4.78 is 8.60. The summed E-state index contributed by atoms with van der Waals surface area (Å²) in [5.41, 5.74) is 4.10. The SMILES string of the molecule is COc1ccccc1NCC(=O)NNC(=O)Cn1c(=O)c2c(ncn2C)n(C)c1=O. The molecule has 0 aliphatic rings. The summed E-state index contributed by atoms with van der Waals surface area (Å²) >= 11 is 0. The fraction of sp³-hybridized carbons (Fsp3) is 0.278. The number of carbonyl (C=O) groups excluding carboxylic acids is 2. The minimum atomic E-state index is -0.735. The molecule has 0 bridgehead atoms. The maximum absolute atomic E-state index is 12.6. The number of aromatic nitrogens is 4. The molecule has 2 heterocycles. The predicted molar refractivity (Wildman–Crippen MR) is 108 cm³/mol. The summed E-state index contributed by atoms with van der Waals surface area (Å²) in [4.78, 5) is 53.1. The average Bonchev–Trinajstić information content (AvgIpc) is 3.14. The Balaban J connectivity index is 1.62. The Labute approximate surface area is 170 Å². The van der Waals surface area contributed by atoms with Crippen molar-refractivity contribution in [1.29, 1.82) is 0 Å². The van der Waals surface area contributed by atoms with Crippen LogP contribution in [0.4, 0.5) is 5.69 Å². The van der Waals surface area contributed by atoms with Gasteiger partial charge in [-0.1, -0.05) is 12.1 Å². The van der Waals surface area contributed by atoms with Crippen LogP contribution in [0, 0.1) is 0 Å². The smallest absolute Gasteiger partial charge is 0.332 e. The molecule has 3 aromatic rings. The number of carbonyl (C=O) groups is 2. The lowest BCUT2D eigenvalue weighted by molar-refractivity contribution is -0.128. The molecule has 30 heavy (non-hydrogen) atoms. The molecule has 12 heteroatoms. The molecule has 0 saturated carbocycles. The van der Waals surface area contributed by atoms with E-state index in [1.54, 1.807) is 31.3 Å². The van der Waals surface area contributed by atoms with Crippen molar-refractivity contribution in [2.24, 2.45) is 14.1 Å². The van der Waals surface area contributed by atoms with Crippen LogP contribution in [0.25, 0.3) is 11.2 Å². The van der Waals surface area contributed by atoms with Gasteiger partial charge in [0.25, 0.3) is 17.4 Å². The number of para-hydroxylation sites is 2. The van der Waals surface area contributed by atoms with Gasteiger partial charge in [0.1, 0.15) is 12.3 Å². The second kappa shape index (κ2) is 8.51. The lowest BCUT2D eigenvalue weighted by Gasteiger charge is -2.12. The highest BCUT2D eigenvalue weighted by Crippen LogP contribution is 2.22. The Morgan fingerprint density at radius 2 is 1.80 bits per heavy atom. The summed E-state index contributed by atoms with van der Waals surface area (Å²) in [6.07, 6.45) is 1.41. The number of anilines is 1.